The predicted octanol–water partition coefficient (Wildman–Crippen LogP) is 4.54. The highest BCUT2D eigenvalue weighted by Gasteiger charge is 2.23. The van der Waals surface area contributed by atoms with Crippen LogP contribution in [0.4, 0.5) is 0 Å². The third kappa shape index (κ3) is 4.13. The zero-order valence-electron chi connectivity index (χ0n) is 17.5. The molecular formula is C23H23N5O2S. The summed E-state index contributed by atoms with van der Waals surface area (Å²) in [6.45, 7) is 3.59. The van der Waals surface area contributed by atoms with Crippen LogP contribution >= 0.6 is 11.8 Å². The van der Waals surface area contributed by atoms with Crippen molar-refractivity contribution in [1.82, 2.24) is 24.7 Å². The quantitative estimate of drug-likeness (QED) is 0.413. The number of aryl methyl sites for hydroxylation is 1. The van der Waals surface area contributed by atoms with Crippen molar-refractivity contribution >= 4 is 22.7 Å². The van der Waals surface area contributed by atoms with Gasteiger partial charge in [-0.2, -0.15) is 0 Å². The molecule has 158 valence electrons. The van der Waals surface area contributed by atoms with Crippen molar-refractivity contribution in [1.29, 1.82) is 0 Å². The van der Waals surface area contributed by atoms with Gasteiger partial charge in [-0.25, -0.2) is 9.97 Å². The summed E-state index contributed by atoms with van der Waals surface area (Å²) in [5, 5.41) is 11.7. The number of aromatic nitrogens is 5. The maximum atomic E-state index is 5.91. The van der Waals surface area contributed by atoms with Gasteiger partial charge in [-0.1, -0.05) is 11.6 Å². The highest BCUT2D eigenvalue weighted by molar-refractivity contribution is 7.99. The number of nitrogens with zero attached hydrogens (tertiary/aromatic N) is 5. The number of rotatable bonds is 6. The summed E-state index contributed by atoms with van der Waals surface area (Å²) < 4.78 is 13.4. The van der Waals surface area contributed by atoms with Crippen LogP contribution in [0.15, 0.2) is 59.0 Å². The Morgan fingerprint density at radius 1 is 1.13 bits per heavy atom. The molecule has 1 unspecified atom stereocenters. The van der Waals surface area contributed by atoms with E-state index in [2.05, 4.69) is 43.8 Å². The van der Waals surface area contributed by atoms with Gasteiger partial charge >= 0.3 is 0 Å². The zero-order valence-corrected chi connectivity index (χ0v) is 18.3. The molecule has 1 atom stereocenters. The van der Waals surface area contributed by atoms with E-state index in [1.807, 2.05) is 30.3 Å². The maximum absolute atomic E-state index is 5.91. The largest absolute Gasteiger partial charge is 0.497 e. The number of benzene rings is 2. The lowest BCUT2D eigenvalue weighted by Crippen LogP contribution is -2.16. The lowest BCUT2D eigenvalue weighted by molar-refractivity contribution is 0.0953. The average Bonchev–Trinajstić information content (AvgIpc) is 3.45. The van der Waals surface area contributed by atoms with Crippen molar-refractivity contribution < 1.29 is 9.47 Å². The number of fused-ring (bicyclic) bond motifs is 1. The minimum Gasteiger partial charge on any atom is -0.497 e. The Labute approximate surface area is 184 Å². The topological polar surface area (TPSA) is 75.0 Å². The van der Waals surface area contributed by atoms with Crippen molar-refractivity contribution in [2.45, 2.75) is 42.6 Å². The van der Waals surface area contributed by atoms with Crippen LogP contribution < -0.4 is 4.74 Å². The Balaban J connectivity index is 1.55. The average molecular weight is 434 g/mol. The molecule has 0 aliphatic carbocycles. The summed E-state index contributed by atoms with van der Waals surface area (Å²) in [4.78, 5) is 8.94. The van der Waals surface area contributed by atoms with Crippen LogP contribution in [0.5, 0.6) is 5.75 Å². The Bertz CT molecular complexity index is 1200. The van der Waals surface area contributed by atoms with E-state index in [0.717, 1.165) is 57.7 Å². The van der Waals surface area contributed by atoms with Crippen LogP contribution in [0.3, 0.4) is 0 Å². The normalized spacial score (nSPS) is 16.1. The monoisotopic (exact) mass is 433 g/mol. The molecule has 0 saturated carbocycles. The van der Waals surface area contributed by atoms with Crippen LogP contribution in [0.2, 0.25) is 0 Å². The molecule has 2 aromatic heterocycles. The van der Waals surface area contributed by atoms with Crippen molar-refractivity contribution in [2.75, 3.05) is 13.7 Å². The minimum absolute atomic E-state index is 0.164. The molecule has 7 nitrogen and oxygen atoms in total. The summed E-state index contributed by atoms with van der Waals surface area (Å²) in [6.07, 6.45) is 3.89. The maximum Gasteiger partial charge on any atom is 0.197 e. The molecule has 2 aromatic carbocycles. The van der Waals surface area contributed by atoms with Gasteiger partial charge in [0.05, 0.1) is 25.3 Å². The second-order valence-electron chi connectivity index (χ2n) is 7.58. The fraction of sp³-hybridized carbons (Fsp3) is 0.304. The predicted molar refractivity (Wildman–Crippen MR) is 119 cm³/mol. The van der Waals surface area contributed by atoms with E-state index in [1.165, 1.54) is 17.3 Å². The molecule has 1 aliphatic heterocycles. The lowest BCUT2D eigenvalue weighted by Gasteiger charge is -2.15. The summed E-state index contributed by atoms with van der Waals surface area (Å²) in [5.41, 5.74) is 3.08. The van der Waals surface area contributed by atoms with E-state index in [9.17, 15) is 0 Å². The summed E-state index contributed by atoms with van der Waals surface area (Å²) in [6, 6.07) is 14.1. The molecule has 5 rings (SSSR count). The summed E-state index contributed by atoms with van der Waals surface area (Å²) in [7, 11) is 1.66. The molecule has 1 fully saturated rings. The minimum atomic E-state index is 0.164. The molecule has 3 heterocycles. The van der Waals surface area contributed by atoms with Gasteiger partial charge in [0.15, 0.2) is 11.0 Å². The van der Waals surface area contributed by atoms with Gasteiger partial charge in [0.1, 0.15) is 17.1 Å². The standard InChI is InChI=1S/C23H23N5O2S/c1-15-5-10-20-19(12-15)22(25-14-24-20)31-23-27-26-21(16-6-8-17(29-2)9-7-16)28(23)13-18-4-3-11-30-18/h5-10,12,14,18H,3-4,11,13H2,1-2H3. The zero-order chi connectivity index (χ0) is 21.2. The third-order valence-electron chi connectivity index (χ3n) is 5.42. The first kappa shape index (κ1) is 20.0. The molecule has 4 aromatic rings. The number of hydrogen-bond donors (Lipinski definition) is 0. The first-order valence-corrected chi connectivity index (χ1v) is 11.1. The molecule has 31 heavy (non-hydrogen) atoms. The molecule has 1 saturated heterocycles. The summed E-state index contributed by atoms with van der Waals surface area (Å²) in [5.74, 6) is 1.63. The smallest absolute Gasteiger partial charge is 0.197 e. The van der Waals surface area contributed by atoms with Crippen LogP contribution in [-0.2, 0) is 11.3 Å². The van der Waals surface area contributed by atoms with Crippen LogP contribution in [0.25, 0.3) is 22.3 Å². The fourth-order valence-electron chi connectivity index (χ4n) is 3.79. The molecule has 0 radical (unpaired) electrons. The summed E-state index contributed by atoms with van der Waals surface area (Å²) >= 11 is 1.52. The van der Waals surface area contributed by atoms with Crippen LogP contribution in [0, 0.1) is 6.92 Å². The molecule has 0 amide bonds. The molecule has 0 N–H and O–H groups in total. The second kappa shape index (κ2) is 8.64. The van der Waals surface area contributed by atoms with Crippen LogP contribution in [0.1, 0.15) is 18.4 Å². The molecule has 8 heteroatoms. The Kier molecular flexibility index (Phi) is 5.57. The highest BCUT2D eigenvalue weighted by atomic mass is 32.2. The van der Waals surface area contributed by atoms with Gasteiger partial charge < -0.3 is 9.47 Å². The second-order valence-corrected chi connectivity index (χ2v) is 8.54. The Hall–Kier alpha value is -2.97. The van der Waals surface area contributed by atoms with E-state index in [4.69, 9.17) is 9.47 Å². The van der Waals surface area contributed by atoms with E-state index < -0.39 is 0 Å². The molecule has 1 aliphatic rings. The number of methoxy groups -OCH3 is 1. The van der Waals surface area contributed by atoms with Crippen molar-refractivity contribution in [3.63, 3.8) is 0 Å². The number of ether oxygens (including phenoxy) is 2. The van der Waals surface area contributed by atoms with Gasteiger partial charge in [0.25, 0.3) is 0 Å². The van der Waals surface area contributed by atoms with Gasteiger partial charge in [0, 0.05) is 17.6 Å². The SMILES string of the molecule is COc1ccc(-c2nnc(Sc3ncnc4ccc(C)cc34)n2CC2CCCO2)cc1. The number of hydrogen-bond acceptors (Lipinski definition) is 7. The molecule has 0 spiro atoms. The Morgan fingerprint density at radius 3 is 2.77 bits per heavy atom. The van der Waals surface area contributed by atoms with Gasteiger partial charge in [0.2, 0.25) is 0 Å². The Morgan fingerprint density at radius 2 is 2.00 bits per heavy atom. The van der Waals surface area contributed by atoms with Crippen molar-refractivity contribution in [2.24, 2.45) is 0 Å². The van der Waals surface area contributed by atoms with Gasteiger partial charge in [-0.15, -0.1) is 10.2 Å². The molecule has 0 bridgehead atoms. The van der Waals surface area contributed by atoms with Crippen molar-refractivity contribution in [3.8, 4) is 17.1 Å². The van der Waals surface area contributed by atoms with E-state index in [0.29, 0.717) is 6.54 Å². The first-order chi connectivity index (χ1) is 15.2. The third-order valence-corrected chi connectivity index (χ3v) is 6.42. The lowest BCUT2D eigenvalue weighted by atomic mass is 10.2. The van der Waals surface area contributed by atoms with E-state index >= 15 is 0 Å². The van der Waals surface area contributed by atoms with Crippen LogP contribution in [-0.4, -0.2) is 44.6 Å². The van der Waals surface area contributed by atoms with E-state index in [-0.39, 0.29) is 6.10 Å². The highest BCUT2D eigenvalue weighted by Crippen LogP contribution is 2.33. The fourth-order valence-corrected chi connectivity index (χ4v) is 4.69. The first-order valence-electron chi connectivity index (χ1n) is 10.3. The van der Waals surface area contributed by atoms with Crippen molar-refractivity contribution in [3.05, 3.63) is 54.4 Å². The molecular weight excluding hydrogens is 410 g/mol. The van der Waals surface area contributed by atoms with E-state index in [1.54, 1.807) is 13.4 Å². The van der Waals surface area contributed by atoms with Gasteiger partial charge in [-0.3, -0.25) is 4.57 Å². The van der Waals surface area contributed by atoms with Gasteiger partial charge in [-0.05, 0) is 67.9 Å².